The molecule has 1 N–H and O–H groups in total. The van der Waals surface area contributed by atoms with Gasteiger partial charge in [-0.1, -0.05) is 0 Å². The number of carbonyl (C=O) groups is 3. The summed E-state index contributed by atoms with van der Waals surface area (Å²) in [6, 6.07) is 6.44. The van der Waals surface area contributed by atoms with E-state index < -0.39 is 17.8 Å². The number of amides is 3. The maximum absolute atomic E-state index is 15.0. The van der Waals surface area contributed by atoms with Crippen molar-refractivity contribution in [2.45, 2.75) is 38.9 Å². The molecule has 172 valence electrons. The molecular weight excluding hydrogens is 425 g/mol. The highest BCUT2D eigenvalue weighted by molar-refractivity contribution is 6.05. The predicted molar refractivity (Wildman–Crippen MR) is 119 cm³/mol. The topological polar surface area (TPSA) is 85.9 Å². The zero-order valence-corrected chi connectivity index (χ0v) is 18.5. The summed E-state index contributed by atoms with van der Waals surface area (Å²) in [5, 5.41) is 2.29. The molecule has 3 aliphatic heterocycles. The number of pyridine rings is 1. The largest absolute Gasteiger partial charge is 0.367 e. The summed E-state index contributed by atoms with van der Waals surface area (Å²) in [6.45, 7) is 6.03. The summed E-state index contributed by atoms with van der Waals surface area (Å²) in [4.78, 5) is 46.6. The SMILES string of the molecule is Cc1cc(CN2CCN(c3cc4c(cc3F)C(=O)N(C3CCC(=O)NC3=O)C4)CC2)ccn1. The first-order valence-electron chi connectivity index (χ1n) is 11.2. The van der Waals surface area contributed by atoms with Crippen LogP contribution in [0.2, 0.25) is 0 Å². The smallest absolute Gasteiger partial charge is 0.255 e. The standard InChI is InChI=1S/C24H26FN5O3/c1-15-10-16(4-5-26-15)13-28-6-8-29(9-7-28)21-11-17-14-30(24(33)18(17)12-19(21)25)20-2-3-22(31)27-23(20)32/h4-5,10-12,20H,2-3,6-9,13-14H2,1H3,(H,27,31,32). The maximum atomic E-state index is 15.0. The van der Waals surface area contributed by atoms with Crippen LogP contribution in [0, 0.1) is 12.7 Å². The number of rotatable bonds is 4. The van der Waals surface area contributed by atoms with Crippen LogP contribution in [0.25, 0.3) is 0 Å². The average molecular weight is 452 g/mol. The summed E-state index contributed by atoms with van der Waals surface area (Å²) >= 11 is 0. The van der Waals surface area contributed by atoms with Crippen LogP contribution in [-0.2, 0) is 22.7 Å². The zero-order chi connectivity index (χ0) is 23.1. The molecule has 0 spiro atoms. The summed E-state index contributed by atoms with van der Waals surface area (Å²) in [7, 11) is 0. The number of piperazine rings is 1. The number of hydrogen-bond donors (Lipinski definition) is 1. The number of aryl methyl sites for hydroxylation is 1. The van der Waals surface area contributed by atoms with Gasteiger partial charge in [0.25, 0.3) is 5.91 Å². The highest BCUT2D eigenvalue weighted by atomic mass is 19.1. The lowest BCUT2D eigenvalue weighted by Gasteiger charge is -2.36. The average Bonchev–Trinajstić information content (AvgIpc) is 3.09. The summed E-state index contributed by atoms with van der Waals surface area (Å²) < 4.78 is 15.0. The molecule has 2 fully saturated rings. The molecule has 1 unspecified atom stereocenters. The normalized spacial score (nSPS) is 21.4. The molecular formula is C24H26FN5O3. The minimum Gasteiger partial charge on any atom is -0.367 e. The van der Waals surface area contributed by atoms with Gasteiger partial charge in [-0.25, -0.2) is 4.39 Å². The van der Waals surface area contributed by atoms with Crippen LogP contribution in [0.5, 0.6) is 0 Å². The van der Waals surface area contributed by atoms with Crippen LogP contribution in [-0.4, -0.2) is 64.7 Å². The van der Waals surface area contributed by atoms with Gasteiger partial charge in [0.15, 0.2) is 0 Å². The van der Waals surface area contributed by atoms with E-state index in [9.17, 15) is 14.4 Å². The van der Waals surface area contributed by atoms with Gasteiger partial charge in [0.2, 0.25) is 11.8 Å². The fraction of sp³-hybridized carbons (Fsp3) is 0.417. The van der Waals surface area contributed by atoms with Gasteiger partial charge in [0.1, 0.15) is 11.9 Å². The lowest BCUT2D eigenvalue weighted by atomic mass is 10.0. The van der Waals surface area contributed by atoms with Crippen LogP contribution < -0.4 is 10.2 Å². The van der Waals surface area contributed by atoms with Crippen molar-refractivity contribution in [1.82, 2.24) is 20.1 Å². The molecule has 8 nitrogen and oxygen atoms in total. The van der Waals surface area contributed by atoms with E-state index in [-0.39, 0.29) is 24.8 Å². The Morgan fingerprint density at radius 1 is 1.12 bits per heavy atom. The highest BCUT2D eigenvalue weighted by Crippen LogP contribution is 2.33. The monoisotopic (exact) mass is 451 g/mol. The molecule has 5 rings (SSSR count). The predicted octanol–water partition coefficient (Wildman–Crippen LogP) is 1.61. The summed E-state index contributed by atoms with van der Waals surface area (Å²) in [5.74, 6) is -1.58. The van der Waals surface area contributed by atoms with Crippen LogP contribution in [0.4, 0.5) is 10.1 Å². The van der Waals surface area contributed by atoms with E-state index in [1.165, 1.54) is 16.5 Å². The Morgan fingerprint density at radius 3 is 2.64 bits per heavy atom. The van der Waals surface area contributed by atoms with Crippen LogP contribution in [0.1, 0.15) is 40.0 Å². The van der Waals surface area contributed by atoms with Gasteiger partial charge in [-0.05, 0) is 48.7 Å². The first kappa shape index (κ1) is 21.5. The quantitative estimate of drug-likeness (QED) is 0.711. The van der Waals surface area contributed by atoms with Crippen molar-refractivity contribution >= 4 is 23.4 Å². The number of imide groups is 1. The van der Waals surface area contributed by atoms with Gasteiger partial charge in [0, 0.05) is 63.1 Å². The van der Waals surface area contributed by atoms with Gasteiger partial charge >= 0.3 is 0 Å². The van der Waals surface area contributed by atoms with Gasteiger partial charge in [-0.15, -0.1) is 0 Å². The lowest BCUT2D eigenvalue weighted by molar-refractivity contribution is -0.136. The minimum atomic E-state index is -0.700. The summed E-state index contributed by atoms with van der Waals surface area (Å²) in [5.41, 5.74) is 3.72. The number of halogens is 1. The van der Waals surface area contributed by atoms with Crippen LogP contribution >= 0.6 is 0 Å². The number of nitrogens with one attached hydrogen (secondary N) is 1. The Hall–Kier alpha value is -3.33. The third kappa shape index (κ3) is 4.20. The van der Waals surface area contributed by atoms with Gasteiger partial charge in [-0.2, -0.15) is 0 Å². The second-order valence-corrected chi connectivity index (χ2v) is 8.93. The Labute approximate surface area is 191 Å². The number of nitrogens with zero attached hydrogens (tertiary/aromatic N) is 4. The fourth-order valence-corrected chi connectivity index (χ4v) is 4.93. The van der Waals surface area contributed by atoms with E-state index in [2.05, 4.69) is 21.3 Å². The summed E-state index contributed by atoms with van der Waals surface area (Å²) in [6.07, 6.45) is 2.30. The number of piperidine rings is 1. The molecule has 2 aromatic rings. The second-order valence-electron chi connectivity index (χ2n) is 8.93. The van der Waals surface area contributed by atoms with Crippen molar-refractivity contribution in [3.05, 3.63) is 58.7 Å². The van der Waals surface area contributed by atoms with Crippen LogP contribution in [0.15, 0.2) is 30.5 Å². The molecule has 1 aromatic heterocycles. The van der Waals surface area contributed by atoms with E-state index in [0.717, 1.165) is 30.9 Å². The highest BCUT2D eigenvalue weighted by Gasteiger charge is 2.39. The van der Waals surface area contributed by atoms with Crippen molar-refractivity contribution < 1.29 is 18.8 Å². The fourth-order valence-electron chi connectivity index (χ4n) is 4.93. The first-order chi connectivity index (χ1) is 15.9. The zero-order valence-electron chi connectivity index (χ0n) is 18.5. The van der Waals surface area contributed by atoms with E-state index in [4.69, 9.17) is 0 Å². The van der Waals surface area contributed by atoms with Gasteiger partial charge in [0.05, 0.1) is 5.69 Å². The number of fused-ring (bicyclic) bond motifs is 1. The Morgan fingerprint density at radius 2 is 1.91 bits per heavy atom. The lowest BCUT2D eigenvalue weighted by Crippen LogP contribution is -2.52. The number of benzene rings is 1. The van der Waals surface area contributed by atoms with Crippen molar-refractivity contribution in [2.75, 3.05) is 31.1 Å². The van der Waals surface area contributed by atoms with Gasteiger partial charge < -0.3 is 9.80 Å². The second kappa shape index (κ2) is 8.55. The molecule has 1 atom stereocenters. The van der Waals surface area contributed by atoms with Crippen molar-refractivity contribution in [3.63, 3.8) is 0 Å². The molecule has 1 aromatic carbocycles. The number of carbonyl (C=O) groups excluding carboxylic acids is 3. The molecule has 4 heterocycles. The molecule has 9 heteroatoms. The molecule has 0 saturated carbocycles. The molecule has 2 saturated heterocycles. The van der Waals surface area contributed by atoms with E-state index in [0.29, 0.717) is 30.8 Å². The molecule has 3 amide bonds. The van der Waals surface area contributed by atoms with Crippen molar-refractivity contribution in [3.8, 4) is 0 Å². The molecule has 0 aliphatic carbocycles. The van der Waals surface area contributed by atoms with Gasteiger partial charge in [-0.3, -0.25) is 29.6 Å². The maximum Gasteiger partial charge on any atom is 0.255 e. The van der Waals surface area contributed by atoms with E-state index in [1.54, 1.807) is 6.07 Å². The Balaban J connectivity index is 1.27. The third-order valence-corrected chi connectivity index (χ3v) is 6.67. The number of anilines is 1. The number of aromatic nitrogens is 1. The first-order valence-corrected chi connectivity index (χ1v) is 11.2. The third-order valence-electron chi connectivity index (χ3n) is 6.67. The van der Waals surface area contributed by atoms with Crippen molar-refractivity contribution in [1.29, 1.82) is 0 Å². The Bertz CT molecular complexity index is 1130. The number of hydrogen-bond acceptors (Lipinski definition) is 6. The molecule has 33 heavy (non-hydrogen) atoms. The van der Waals surface area contributed by atoms with Crippen molar-refractivity contribution in [2.24, 2.45) is 0 Å². The van der Waals surface area contributed by atoms with E-state index >= 15 is 4.39 Å². The minimum absolute atomic E-state index is 0.194. The molecule has 3 aliphatic rings. The Kier molecular flexibility index (Phi) is 5.57. The molecule has 0 radical (unpaired) electrons. The molecule has 0 bridgehead atoms. The van der Waals surface area contributed by atoms with Crippen LogP contribution in [0.3, 0.4) is 0 Å². The van der Waals surface area contributed by atoms with E-state index in [1.807, 2.05) is 24.1 Å².